The fraction of sp³-hybridized carbons (Fsp3) is 0.314. The Morgan fingerprint density at radius 2 is 1.74 bits per heavy atom. The average molecular weight is 600 g/mol. The van der Waals surface area contributed by atoms with E-state index in [4.69, 9.17) is 9.47 Å². The van der Waals surface area contributed by atoms with Crippen LogP contribution in [-0.2, 0) is 32.6 Å². The third-order valence-corrected chi connectivity index (χ3v) is 8.14. The van der Waals surface area contributed by atoms with Crippen LogP contribution in [0.5, 0.6) is 5.75 Å². The van der Waals surface area contributed by atoms with E-state index in [1.165, 1.54) is 6.08 Å². The fourth-order valence-corrected chi connectivity index (χ4v) is 5.68. The molecule has 1 amide bonds. The maximum Gasteiger partial charge on any atom is 0.248 e. The normalized spacial score (nSPS) is 12.0. The number of ether oxygens (including phenoxy) is 2. The van der Waals surface area contributed by atoms with Crippen molar-refractivity contribution in [1.29, 1.82) is 0 Å². The summed E-state index contributed by atoms with van der Waals surface area (Å²) in [5.41, 5.74) is 5.77. The van der Waals surface area contributed by atoms with Gasteiger partial charge < -0.3 is 19.4 Å². The number of nitrogens with one attached hydrogen (secondary N) is 1. The van der Waals surface area contributed by atoms with Gasteiger partial charge in [0.1, 0.15) is 12.4 Å². The number of amides is 1. The van der Waals surface area contributed by atoms with Crippen molar-refractivity contribution in [2.45, 2.75) is 57.2 Å². The Morgan fingerprint density at radius 1 is 0.953 bits per heavy atom. The van der Waals surface area contributed by atoms with Crippen LogP contribution in [0.25, 0.3) is 17.2 Å². The van der Waals surface area contributed by atoms with Crippen LogP contribution in [0.2, 0.25) is 0 Å². The van der Waals surface area contributed by atoms with Crippen LogP contribution in [0.4, 0.5) is 5.69 Å². The summed E-state index contributed by atoms with van der Waals surface area (Å²) in [6.45, 7) is 9.03. The molecule has 0 spiro atoms. The largest absolute Gasteiger partial charge is 0.491 e. The van der Waals surface area contributed by atoms with Crippen LogP contribution in [0.3, 0.4) is 0 Å². The van der Waals surface area contributed by atoms with E-state index in [9.17, 15) is 9.00 Å². The number of aryl methyl sites for hydroxylation is 2. The van der Waals surface area contributed by atoms with E-state index < -0.39 is 10.8 Å². The summed E-state index contributed by atoms with van der Waals surface area (Å²) in [6, 6.07) is 21.4. The predicted octanol–water partition coefficient (Wildman–Crippen LogP) is 7.42. The van der Waals surface area contributed by atoms with Crippen molar-refractivity contribution >= 4 is 28.5 Å². The molecule has 1 atom stereocenters. The lowest BCUT2D eigenvalue weighted by molar-refractivity contribution is -0.111. The van der Waals surface area contributed by atoms with Gasteiger partial charge in [0.15, 0.2) is 0 Å². The summed E-state index contributed by atoms with van der Waals surface area (Å²) in [4.78, 5) is 17.6. The maximum absolute atomic E-state index is 12.9. The van der Waals surface area contributed by atoms with E-state index in [0.717, 1.165) is 66.1 Å². The smallest absolute Gasteiger partial charge is 0.248 e. The molecule has 0 aliphatic rings. The van der Waals surface area contributed by atoms with Crippen LogP contribution in [0, 0.1) is 6.92 Å². The molecule has 8 heteroatoms. The highest BCUT2D eigenvalue weighted by molar-refractivity contribution is 7.84. The van der Waals surface area contributed by atoms with Gasteiger partial charge in [-0.25, -0.2) is 4.98 Å². The summed E-state index contributed by atoms with van der Waals surface area (Å²) in [5.74, 6) is 0.978. The van der Waals surface area contributed by atoms with Crippen molar-refractivity contribution in [1.82, 2.24) is 9.55 Å². The monoisotopic (exact) mass is 599 g/mol. The lowest BCUT2D eigenvalue weighted by Gasteiger charge is -2.09. The van der Waals surface area contributed by atoms with Crippen LogP contribution in [0.15, 0.2) is 90.2 Å². The van der Waals surface area contributed by atoms with Gasteiger partial charge in [0.2, 0.25) is 5.91 Å². The van der Waals surface area contributed by atoms with Gasteiger partial charge >= 0.3 is 0 Å². The number of carbonyl (C=O) groups excluding carboxylic acids is 1. The zero-order valence-corrected chi connectivity index (χ0v) is 26.1. The van der Waals surface area contributed by atoms with Crippen LogP contribution in [0.1, 0.15) is 49.9 Å². The first-order chi connectivity index (χ1) is 20.9. The molecule has 0 aliphatic carbocycles. The topological polar surface area (TPSA) is 82.4 Å². The number of hydrogen-bond donors (Lipinski definition) is 1. The molecule has 0 saturated carbocycles. The lowest BCUT2D eigenvalue weighted by atomic mass is 10.00. The van der Waals surface area contributed by atoms with E-state index in [1.807, 2.05) is 47.9 Å². The predicted molar refractivity (Wildman–Crippen MR) is 175 cm³/mol. The van der Waals surface area contributed by atoms with Gasteiger partial charge in [-0.05, 0) is 90.6 Å². The molecule has 0 unspecified atom stereocenters. The fourth-order valence-electron chi connectivity index (χ4n) is 4.56. The summed E-state index contributed by atoms with van der Waals surface area (Å²) in [5, 5.41) is 2.89. The van der Waals surface area contributed by atoms with E-state index in [-0.39, 0.29) is 5.91 Å². The molecule has 1 aromatic heterocycles. The summed E-state index contributed by atoms with van der Waals surface area (Å²) in [7, 11) is -1.20. The molecule has 0 fully saturated rings. The van der Waals surface area contributed by atoms with Gasteiger partial charge in [-0.15, -0.1) is 0 Å². The van der Waals surface area contributed by atoms with Gasteiger partial charge in [0.05, 0.1) is 35.2 Å². The van der Waals surface area contributed by atoms with Crippen molar-refractivity contribution < 1.29 is 18.5 Å². The minimum absolute atomic E-state index is 0.236. The standard InChI is InChI=1S/C35H41N3O4S/c1-4-6-18-41-19-20-42-33-12-8-29(9-13-33)30-22-27(3)21-28(23-30)7-16-35(39)37-31-10-14-34(15-11-31)43(40)25-32-24-36-26-38(32)17-5-2/h7-16,21-24,26H,4-6,17-20,25H2,1-3H3,(H,37,39)/b16-7+/t43-/m0/s1. The number of benzene rings is 3. The molecule has 0 radical (unpaired) electrons. The van der Waals surface area contributed by atoms with E-state index in [2.05, 4.69) is 36.3 Å². The number of rotatable bonds is 16. The maximum atomic E-state index is 12.9. The highest BCUT2D eigenvalue weighted by Gasteiger charge is 2.10. The summed E-state index contributed by atoms with van der Waals surface area (Å²) < 4.78 is 26.3. The molecule has 7 nitrogen and oxygen atoms in total. The van der Waals surface area contributed by atoms with E-state index in [1.54, 1.807) is 36.8 Å². The Labute approximate surface area is 257 Å². The number of nitrogens with zero attached hydrogens (tertiary/aromatic N) is 2. The van der Waals surface area contributed by atoms with Gasteiger partial charge in [-0.3, -0.25) is 9.00 Å². The SMILES string of the molecule is CCCCOCCOc1ccc(-c2cc(C)cc(/C=C/C(=O)Nc3ccc([S@@](=O)Cc4cncn4CCC)cc3)c2)cc1. The molecule has 4 rings (SSSR count). The summed E-state index contributed by atoms with van der Waals surface area (Å²) >= 11 is 0. The second kappa shape index (κ2) is 16.6. The molecular formula is C35H41N3O4S. The molecule has 0 saturated heterocycles. The van der Waals surface area contributed by atoms with Crippen molar-refractivity contribution in [2.75, 3.05) is 25.1 Å². The van der Waals surface area contributed by atoms with E-state index in [0.29, 0.717) is 29.5 Å². The Balaban J connectivity index is 1.31. The minimum atomic E-state index is -1.20. The number of carbonyl (C=O) groups is 1. The molecule has 1 heterocycles. The first-order valence-corrected chi connectivity index (χ1v) is 16.2. The number of imidazole rings is 1. The van der Waals surface area contributed by atoms with Gasteiger partial charge in [0.25, 0.3) is 0 Å². The second-order valence-corrected chi connectivity index (χ2v) is 11.8. The Bertz CT molecular complexity index is 1510. The minimum Gasteiger partial charge on any atom is -0.491 e. The number of unbranched alkanes of at least 4 members (excludes halogenated alkanes) is 1. The first-order valence-electron chi connectivity index (χ1n) is 14.8. The quantitative estimate of drug-likeness (QED) is 0.107. The van der Waals surface area contributed by atoms with Crippen molar-refractivity contribution in [3.8, 4) is 16.9 Å². The van der Waals surface area contributed by atoms with Crippen LogP contribution in [-0.4, -0.2) is 39.5 Å². The van der Waals surface area contributed by atoms with Crippen LogP contribution < -0.4 is 10.1 Å². The Hall–Kier alpha value is -4.01. The van der Waals surface area contributed by atoms with Crippen molar-refractivity contribution in [3.63, 3.8) is 0 Å². The highest BCUT2D eigenvalue weighted by Crippen LogP contribution is 2.25. The zero-order chi connectivity index (χ0) is 30.4. The summed E-state index contributed by atoms with van der Waals surface area (Å²) in [6.07, 6.45) is 10.1. The highest BCUT2D eigenvalue weighted by atomic mass is 32.2. The third-order valence-electron chi connectivity index (χ3n) is 6.78. The first kappa shape index (κ1) is 31.9. The molecule has 3 aromatic carbocycles. The third kappa shape index (κ3) is 10.0. The number of aromatic nitrogens is 2. The van der Waals surface area contributed by atoms with Crippen molar-refractivity contribution in [3.05, 3.63) is 102 Å². The van der Waals surface area contributed by atoms with E-state index >= 15 is 0 Å². The molecule has 0 aliphatic heterocycles. The zero-order valence-electron chi connectivity index (χ0n) is 25.3. The van der Waals surface area contributed by atoms with Gasteiger partial charge in [-0.1, -0.05) is 44.5 Å². The number of hydrogen-bond acceptors (Lipinski definition) is 5. The number of anilines is 1. The molecular weight excluding hydrogens is 558 g/mol. The molecule has 43 heavy (non-hydrogen) atoms. The second-order valence-electron chi connectivity index (χ2n) is 10.4. The Morgan fingerprint density at radius 3 is 2.49 bits per heavy atom. The van der Waals surface area contributed by atoms with Gasteiger partial charge in [0, 0.05) is 36.0 Å². The lowest BCUT2D eigenvalue weighted by Crippen LogP contribution is -2.08. The molecule has 226 valence electrons. The molecule has 4 aromatic rings. The molecule has 1 N–H and O–H groups in total. The Kier molecular flexibility index (Phi) is 12.3. The van der Waals surface area contributed by atoms with Crippen LogP contribution >= 0.6 is 0 Å². The van der Waals surface area contributed by atoms with Gasteiger partial charge in [-0.2, -0.15) is 0 Å². The molecule has 0 bridgehead atoms. The average Bonchev–Trinajstić information content (AvgIpc) is 3.44. The van der Waals surface area contributed by atoms with Crippen molar-refractivity contribution in [2.24, 2.45) is 0 Å².